The highest BCUT2D eigenvalue weighted by molar-refractivity contribution is 6.15. The molecule has 10 heavy (non-hydrogen) atoms. The van der Waals surface area contributed by atoms with Crippen LogP contribution in [0.3, 0.4) is 0 Å². The Bertz CT molecular complexity index is 93.0. The van der Waals surface area contributed by atoms with Crippen molar-refractivity contribution >= 4 is 23.9 Å². The number of aldehydes is 1. The third-order valence-electron chi connectivity index (χ3n) is 0.555. The van der Waals surface area contributed by atoms with E-state index in [1.807, 2.05) is 0 Å². The van der Waals surface area contributed by atoms with Crippen LogP contribution in [0.4, 0.5) is 0 Å². The van der Waals surface area contributed by atoms with Gasteiger partial charge in [0.25, 0.3) is 0 Å². The molecule has 3 nitrogen and oxygen atoms in total. The molecule has 0 aromatic rings. The predicted octanol–water partition coefficient (Wildman–Crippen LogP) is 0.994. The van der Waals surface area contributed by atoms with E-state index < -0.39 is 5.97 Å². The second-order valence-electron chi connectivity index (χ2n) is 1.18. The number of alkyl halides is 1. The van der Waals surface area contributed by atoms with Gasteiger partial charge in [-0.1, -0.05) is 0 Å². The van der Waals surface area contributed by atoms with Crippen LogP contribution in [0, 0.1) is 0 Å². The smallest absolute Gasteiger partial charge is 0.312 e. The van der Waals surface area contributed by atoms with Crippen molar-refractivity contribution in [1.29, 1.82) is 0 Å². The topological polar surface area (TPSA) is 43.4 Å². The summed E-state index contributed by atoms with van der Waals surface area (Å²) in [4.78, 5) is 19.8. The summed E-state index contributed by atoms with van der Waals surface area (Å²) >= 11 is 4.64. The predicted molar refractivity (Wildman–Crippen MR) is 39.1 cm³/mol. The van der Waals surface area contributed by atoms with E-state index in [9.17, 15) is 9.59 Å². The lowest BCUT2D eigenvalue weighted by Gasteiger charge is -1.93. The van der Waals surface area contributed by atoms with Crippen LogP contribution in [0.2, 0.25) is 0 Å². The van der Waals surface area contributed by atoms with E-state index in [1.54, 1.807) is 6.92 Å². The normalized spacial score (nSPS) is 7.10. The zero-order valence-electron chi connectivity index (χ0n) is 6.09. The number of ether oxygens (including phenoxy) is 1. The van der Waals surface area contributed by atoms with Gasteiger partial charge in [-0.05, 0) is 6.92 Å². The molecule has 0 aliphatic rings. The monoisotopic (exact) mass is 166 g/mol. The van der Waals surface area contributed by atoms with Crippen LogP contribution in [0.25, 0.3) is 0 Å². The molecule has 0 aliphatic heterocycles. The zero-order valence-corrected chi connectivity index (χ0v) is 6.85. The molecule has 0 atom stereocenters. The van der Waals surface area contributed by atoms with Gasteiger partial charge < -0.3 is 9.53 Å². The van der Waals surface area contributed by atoms with Gasteiger partial charge in [0, 0.05) is 6.38 Å². The minimum atomic E-state index is -0.456. The molecule has 0 spiro atoms. The van der Waals surface area contributed by atoms with Crippen molar-refractivity contribution in [1.82, 2.24) is 0 Å². The van der Waals surface area contributed by atoms with E-state index in [0.717, 1.165) is 0 Å². The van der Waals surface area contributed by atoms with Crippen molar-refractivity contribution in [3.8, 4) is 0 Å². The van der Waals surface area contributed by atoms with Gasteiger partial charge >= 0.3 is 5.97 Å². The molecule has 0 aromatic carbocycles. The maximum atomic E-state index is 10.2. The first kappa shape index (κ1) is 12.1. The molecule has 4 heteroatoms. The fraction of sp³-hybridized carbons (Fsp3) is 0.667. The lowest BCUT2D eigenvalue weighted by Crippen LogP contribution is -2.03. The second kappa shape index (κ2) is 11.3. The summed E-state index contributed by atoms with van der Waals surface area (Å²) in [6, 6.07) is 0. The molecule has 0 bridgehead atoms. The largest absolute Gasteiger partial charge is 0.466 e. The maximum Gasteiger partial charge on any atom is 0.312 e. The van der Waals surface area contributed by atoms with Gasteiger partial charge in [0.05, 0.1) is 6.61 Å². The fourth-order valence-electron chi connectivity index (χ4n) is 0.288. The molecule has 0 aliphatic carbocycles. The summed E-state index contributed by atoms with van der Waals surface area (Å²) in [5.74, 6) is -0.456. The summed E-state index contributed by atoms with van der Waals surface area (Å²) in [6.07, 6.45) is 1.87. The Morgan fingerprint density at radius 3 is 2.40 bits per heavy atom. The maximum absolute atomic E-state index is 10.2. The van der Waals surface area contributed by atoms with Gasteiger partial charge in [-0.15, -0.1) is 11.6 Å². The Morgan fingerprint density at radius 1 is 1.60 bits per heavy atom. The number of hydrogen-bond acceptors (Lipinski definition) is 3. The summed E-state index contributed by atoms with van der Waals surface area (Å²) in [5.41, 5.74) is 0. The number of esters is 1. The number of carbonyl (C=O) groups is 2. The highest BCUT2D eigenvalue weighted by atomic mass is 35.5. The van der Waals surface area contributed by atoms with Crippen molar-refractivity contribution in [2.45, 2.75) is 13.3 Å². The van der Waals surface area contributed by atoms with E-state index in [-0.39, 0.29) is 6.42 Å². The average Bonchev–Trinajstić information content (AvgIpc) is 1.93. The van der Waals surface area contributed by atoms with Gasteiger partial charge in [0.2, 0.25) is 0 Å². The molecule has 0 saturated carbocycles. The van der Waals surface area contributed by atoms with Gasteiger partial charge in [0.1, 0.15) is 12.7 Å². The van der Waals surface area contributed by atoms with Crippen molar-refractivity contribution in [2.75, 3.05) is 13.0 Å². The number of carbonyl (C=O) groups excluding carboxylic acids is 2. The molecular formula is C6H11ClO3. The van der Waals surface area contributed by atoms with E-state index in [0.29, 0.717) is 12.9 Å². The fourth-order valence-corrected chi connectivity index (χ4v) is 0.288. The lowest BCUT2D eigenvalue weighted by molar-refractivity contribution is -0.143. The van der Waals surface area contributed by atoms with E-state index >= 15 is 0 Å². The first-order valence-corrected chi connectivity index (χ1v) is 3.54. The van der Waals surface area contributed by atoms with Crippen molar-refractivity contribution in [2.24, 2.45) is 0 Å². The summed E-state index contributed by atoms with van der Waals surface area (Å²) in [5, 5.41) is 0. The molecule has 0 aromatic heterocycles. The van der Waals surface area contributed by atoms with Crippen LogP contribution < -0.4 is 0 Å². The number of halogens is 1. The number of rotatable bonds is 3. The first-order valence-electron chi connectivity index (χ1n) is 2.78. The summed E-state index contributed by atoms with van der Waals surface area (Å²) < 4.78 is 4.41. The average molecular weight is 167 g/mol. The van der Waals surface area contributed by atoms with E-state index in [2.05, 4.69) is 16.3 Å². The van der Waals surface area contributed by atoms with Gasteiger partial charge in [-0.25, -0.2) is 0 Å². The third-order valence-corrected chi connectivity index (χ3v) is 0.555. The van der Waals surface area contributed by atoms with Crippen LogP contribution >= 0.6 is 11.6 Å². The van der Waals surface area contributed by atoms with Crippen LogP contribution in [-0.2, 0) is 14.3 Å². The molecule has 0 rings (SSSR count). The molecule has 0 N–H and O–H groups in total. The molecule has 0 heterocycles. The molecule has 60 valence electrons. The van der Waals surface area contributed by atoms with Gasteiger partial charge in [0.15, 0.2) is 0 Å². The van der Waals surface area contributed by atoms with Crippen molar-refractivity contribution in [3.05, 3.63) is 0 Å². The van der Waals surface area contributed by atoms with Crippen molar-refractivity contribution < 1.29 is 14.3 Å². The molecule has 0 fully saturated rings. The van der Waals surface area contributed by atoms with Gasteiger partial charge in [-0.3, -0.25) is 4.79 Å². The van der Waals surface area contributed by atoms with Crippen LogP contribution in [0.1, 0.15) is 13.3 Å². The quantitative estimate of drug-likeness (QED) is 0.272. The van der Waals surface area contributed by atoms with E-state index in [4.69, 9.17) is 0 Å². The Hall–Kier alpha value is -0.570. The minimum Gasteiger partial charge on any atom is -0.466 e. The Morgan fingerprint density at radius 2 is 2.10 bits per heavy atom. The lowest BCUT2D eigenvalue weighted by atomic mass is 10.5. The Balaban J connectivity index is 0. The molecular weight excluding hydrogens is 156 g/mol. The first-order chi connectivity index (χ1) is 4.81. The summed E-state index contributed by atoms with van der Waals surface area (Å²) in [6.45, 7) is 2.04. The molecule has 0 radical (unpaired) electrons. The van der Waals surface area contributed by atoms with Crippen LogP contribution in [0.15, 0.2) is 0 Å². The molecule has 0 saturated heterocycles. The molecule has 0 unspecified atom stereocenters. The standard InChI is InChI=1S/C5H8O3.CH3Cl/c1-2-8-5(7)3-4-6;1-2/h4H,2-3H2,1H3;1H3. The van der Waals surface area contributed by atoms with Gasteiger partial charge in [-0.2, -0.15) is 0 Å². The Kier molecular flexibility index (Phi) is 13.7. The Labute approximate surface area is 65.3 Å². The van der Waals surface area contributed by atoms with Crippen molar-refractivity contribution in [3.63, 3.8) is 0 Å². The minimum absolute atomic E-state index is 0.131. The zero-order chi connectivity index (χ0) is 8.41. The van der Waals surface area contributed by atoms with Crippen LogP contribution in [0.5, 0.6) is 0 Å². The third kappa shape index (κ3) is 10.4. The highest BCUT2D eigenvalue weighted by Crippen LogP contribution is 1.79. The molecule has 0 amide bonds. The van der Waals surface area contributed by atoms with Crippen LogP contribution in [-0.4, -0.2) is 25.2 Å². The number of hydrogen-bond donors (Lipinski definition) is 0. The second-order valence-corrected chi connectivity index (χ2v) is 1.18. The SMILES string of the molecule is CCOC(=O)CC=O.CCl. The highest BCUT2D eigenvalue weighted by Gasteiger charge is 1.95. The summed E-state index contributed by atoms with van der Waals surface area (Å²) in [7, 11) is 0. The van der Waals surface area contributed by atoms with E-state index in [1.165, 1.54) is 6.38 Å².